The number of nitriles is 1. The van der Waals surface area contributed by atoms with Crippen LogP contribution in [0.5, 0.6) is 0 Å². The molecule has 0 unspecified atom stereocenters. The van der Waals surface area contributed by atoms with Crippen LogP contribution in [0, 0.1) is 10.2 Å². The fraction of sp³-hybridized carbons (Fsp3) is 0.353. The SMILES string of the molecule is N#C[Se]c1cccc(CN2CCc3c(c(=O)nc4n3CCN4)C2)c1. The summed E-state index contributed by atoms with van der Waals surface area (Å²) in [5.41, 5.74) is 3.08. The van der Waals surface area contributed by atoms with Crippen LogP contribution in [0.4, 0.5) is 5.95 Å². The van der Waals surface area contributed by atoms with E-state index in [1.54, 1.807) is 0 Å². The van der Waals surface area contributed by atoms with Gasteiger partial charge in [-0.3, -0.25) is 0 Å². The summed E-state index contributed by atoms with van der Waals surface area (Å²) < 4.78 is 3.26. The van der Waals surface area contributed by atoms with Crippen molar-refractivity contribution in [3.8, 4) is 4.97 Å². The molecular formula is C17H17N5OSe. The average molecular weight is 386 g/mol. The van der Waals surface area contributed by atoms with Crippen molar-refractivity contribution >= 4 is 25.4 Å². The van der Waals surface area contributed by atoms with Crippen LogP contribution in [0.3, 0.4) is 0 Å². The molecule has 7 heteroatoms. The minimum absolute atomic E-state index is 0.100. The molecule has 0 fully saturated rings. The number of fused-ring (bicyclic) bond motifs is 3. The molecule has 2 aliphatic rings. The summed E-state index contributed by atoms with van der Waals surface area (Å²) in [5, 5.41) is 12.0. The van der Waals surface area contributed by atoms with E-state index in [0.29, 0.717) is 6.54 Å². The van der Waals surface area contributed by atoms with Crippen molar-refractivity contribution in [1.29, 1.82) is 5.26 Å². The van der Waals surface area contributed by atoms with Crippen LogP contribution in [0.1, 0.15) is 16.8 Å². The number of rotatable bonds is 3. The van der Waals surface area contributed by atoms with Crippen LogP contribution in [0.15, 0.2) is 29.1 Å². The standard InChI is InChI=1S/C17H17N5OSe/c18-11-24-13-3-1-2-12(8-13)9-21-6-4-15-14(10-21)16(23)20-17-19-5-7-22(15)17/h1-3,8H,4-7,9-10H2,(H,19,20,23). The Morgan fingerprint density at radius 1 is 1.38 bits per heavy atom. The van der Waals surface area contributed by atoms with E-state index in [9.17, 15) is 4.79 Å². The number of benzene rings is 1. The van der Waals surface area contributed by atoms with Gasteiger partial charge in [-0.15, -0.1) is 0 Å². The number of hydrogen-bond acceptors (Lipinski definition) is 5. The maximum absolute atomic E-state index is 12.3. The quantitative estimate of drug-likeness (QED) is 0.754. The Balaban J connectivity index is 1.56. The normalized spacial score (nSPS) is 16.1. The molecule has 2 aromatic rings. The van der Waals surface area contributed by atoms with Crippen molar-refractivity contribution in [2.24, 2.45) is 0 Å². The Labute approximate surface area is 146 Å². The van der Waals surface area contributed by atoms with Crippen LogP contribution in [0.2, 0.25) is 0 Å². The molecule has 0 saturated heterocycles. The number of aromatic nitrogens is 2. The third-order valence-electron chi connectivity index (χ3n) is 4.53. The number of nitrogens with zero attached hydrogens (tertiary/aromatic N) is 4. The van der Waals surface area contributed by atoms with E-state index in [0.717, 1.165) is 54.3 Å². The van der Waals surface area contributed by atoms with E-state index in [1.165, 1.54) is 5.56 Å². The Morgan fingerprint density at radius 2 is 2.29 bits per heavy atom. The van der Waals surface area contributed by atoms with Crippen molar-refractivity contribution < 1.29 is 0 Å². The van der Waals surface area contributed by atoms with Crippen molar-refractivity contribution in [1.82, 2.24) is 14.5 Å². The van der Waals surface area contributed by atoms with Gasteiger partial charge < -0.3 is 0 Å². The fourth-order valence-electron chi connectivity index (χ4n) is 3.46. The number of nitrogens with one attached hydrogen (secondary N) is 1. The van der Waals surface area contributed by atoms with Crippen LogP contribution < -0.4 is 15.3 Å². The summed E-state index contributed by atoms with van der Waals surface area (Å²) >= 11 is -0.124. The van der Waals surface area contributed by atoms with Gasteiger partial charge in [-0.25, -0.2) is 0 Å². The van der Waals surface area contributed by atoms with Crippen LogP contribution in [-0.2, 0) is 26.1 Å². The molecule has 0 radical (unpaired) electrons. The maximum atomic E-state index is 12.3. The summed E-state index contributed by atoms with van der Waals surface area (Å²) in [6.45, 7) is 4.12. The van der Waals surface area contributed by atoms with E-state index in [1.807, 2.05) is 12.1 Å². The molecule has 24 heavy (non-hydrogen) atoms. The molecule has 1 N–H and O–H groups in total. The molecule has 1 aromatic heterocycles. The topological polar surface area (TPSA) is 74.0 Å². The molecule has 0 bridgehead atoms. The van der Waals surface area contributed by atoms with Gasteiger partial charge in [0.2, 0.25) is 0 Å². The first kappa shape index (κ1) is 15.4. The zero-order chi connectivity index (χ0) is 16.5. The van der Waals surface area contributed by atoms with E-state index < -0.39 is 0 Å². The Hall–Kier alpha value is -2.13. The summed E-state index contributed by atoms with van der Waals surface area (Å²) in [7, 11) is 0. The first-order valence-corrected chi connectivity index (χ1v) is 9.69. The molecule has 1 aromatic carbocycles. The second kappa shape index (κ2) is 6.40. The van der Waals surface area contributed by atoms with Crippen LogP contribution in [0.25, 0.3) is 0 Å². The second-order valence-electron chi connectivity index (χ2n) is 6.05. The zero-order valence-electron chi connectivity index (χ0n) is 13.2. The van der Waals surface area contributed by atoms with E-state index >= 15 is 0 Å². The first-order chi connectivity index (χ1) is 11.7. The van der Waals surface area contributed by atoms with Gasteiger partial charge in [0.15, 0.2) is 0 Å². The molecule has 122 valence electrons. The summed E-state index contributed by atoms with van der Waals surface area (Å²) in [4.78, 5) is 21.1. The zero-order valence-corrected chi connectivity index (χ0v) is 14.9. The second-order valence-corrected chi connectivity index (χ2v) is 7.85. The molecule has 4 rings (SSSR count). The summed E-state index contributed by atoms with van der Waals surface area (Å²) in [6.07, 6.45) is 0.879. The van der Waals surface area contributed by atoms with Crippen molar-refractivity contribution in [3.05, 3.63) is 51.4 Å². The molecule has 0 atom stereocenters. The first-order valence-electron chi connectivity index (χ1n) is 7.98. The van der Waals surface area contributed by atoms with Gasteiger partial charge in [0.05, 0.1) is 0 Å². The van der Waals surface area contributed by atoms with E-state index in [4.69, 9.17) is 5.26 Å². The Bertz CT molecular complexity index is 886. The van der Waals surface area contributed by atoms with Gasteiger partial charge in [0.25, 0.3) is 0 Å². The molecule has 0 spiro atoms. The van der Waals surface area contributed by atoms with Gasteiger partial charge in [0.1, 0.15) is 0 Å². The Kier molecular flexibility index (Phi) is 4.11. The monoisotopic (exact) mass is 387 g/mol. The van der Waals surface area contributed by atoms with Gasteiger partial charge in [-0.05, 0) is 0 Å². The van der Waals surface area contributed by atoms with Gasteiger partial charge in [-0.1, -0.05) is 0 Å². The van der Waals surface area contributed by atoms with Gasteiger partial charge >= 0.3 is 146 Å². The molecular weight excluding hydrogens is 369 g/mol. The average Bonchev–Trinajstić information content (AvgIpc) is 3.04. The molecule has 3 heterocycles. The van der Waals surface area contributed by atoms with Crippen molar-refractivity contribution in [2.45, 2.75) is 26.1 Å². The predicted molar refractivity (Wildman–Crippen MR) is 92.2 cm³/mol. The predicted octanol–water partition coefficient (Wildman–Crippen LogP) is 0.0377. The molecule has 6 nitrogen and oxygen atoms in total. The number of hydrogen-bond donors (Lipinski definition) is 1. The van der Waals surface area contributed by atoms with Crippen molar-refractivity contribution in [3.63, 3.8) is 0 Å². The molecule has 2 aliphatic heterocycles. The van der Waals surface area contributed by atoms with Crippen LogP contribution in [-0.4, -0.2) is 42.5 Å². The van der Waals surface area contributed by atoms with Gasteiger partial charge in [0, 0.05) is 0 Å². The molecule has 0 amide bonds. The van der Waals surface area contributed by atoms with Crippen LogP contribution >= 0.6 is 0 Å². The van der Waals surface area contributed by atoms with E-state index in [2.05, 4.69) is 36.9 Å². The fourth-order valence-corrected chi connectivity index (χ4v) is 4.43. The summed E-state index contributed by atoms with van der Waals surface area (Å²) in [5.74, 6) is 0.721. The number of anilines is 1. The minimum atomic E-state index is -0.124. The Morgan fingerprint density at radius 3 is 3.17 bits per heavy atom. The molecule has 0 saturated carbocycles. The van der Waals surface area contributed by atoms with E-state index in [-0.39, 0.29) is 20.5 Å². The molecule has 0 aliphatic carbocycles. The third-order valence-corrected chi connectivity index (χ3v) is 5.75. The third kappa shape index (κ3) is 2.84. The summed E-state index contributed by atoms with van der Waals surface area (Å²) in [6, 6.07) is 8.21. The van der Waals surface area contributed by atoms with Crippen molar-refractivity contribution in [2.75, 3.05) is 18.4 Å². The van der Waals surface area contributed by atoms with Gasteiger partial charge in [-0.2, -0.15) is 0 Å².